The number of aromatic nitrogens is 4. The van der Waals surface area contributed by atoms with E-state index in [1.54, 1.807) is 6.07 Å². The zero-order valence-corrected chi connectivity index (χ0v) is 9.61. The van der Waals surface area contributed by atoms with E-state index in [-0.39, 0.29) is 5.56 Å². The first kappa shape index (κ1) is 10.6. The molecule has 0 aliphatic heterocycles. The first-order valence-electron chi connectivity index (χ1n) is 5.24. The first-order valence-corrected chi connectivity index (χ1v) is 5.24. The van der Waals surface area contributed by atoms with Gasteiger partial charge in [-0.1, -0.05) is 6.92 Å². The van der Waals surface area contributed by atoms with Gasteiger partial charge in [-0.15, -0.1) is 5.10 Å². The summed E-state index contributed by atoms with van der Waals surface area (Å²) >= 11 is 0. The number of H-pyrrole nitrogens is 1. The van der Waals surface area contributed by atoms with Gasteiger partial charge in [-0.05, 0) is 32.4 Å². The third kappa shape index (κ3) is 1.64. The lowest BCUT2D eigenvalue weighted by Crippen LogP contribution is -2.17. The van der Waals surface area contributed by atoms with Crippen molar-refractivity contribution in [1.29, 1.82) is 0 Å². The van der Waals surface area contributed by atoms with Crippen LogP contribution < -0.4 is 5.56 Å². The van der Waals surface area contributed by atoms with Gasteiger partial charge in [-0.25, -0.2) is 0 Å². The van der Waals surface area contributed by atoms with Gasteiger partial charge in [0.2, 0.25) is 0 Å². The van der Waals surface area contributed by atoms with E-state index < -0.39 is 0 Å². The zero-order valence-electron chi connectivity index (χ0n) is 9.61. The first-order chi connectivity index (χ1) is 7.63. The number of aryl methyl sites for hydroxylation is 2. The summed E-state index contributed by atoms with van der Waals surface area (Å²) in [6, 6.07) is 3.61. The Balaban J connectivity index is 2.56. The minimum atomic E-state index is -0.0602. The van der Waals surface area contributed by atoms with Crippen molar-refractivity contribution in [3.05, 3.63) is 39.4 Å². The number of nitrogens with one attached hydrogen (secondary N) is 1. The van der Waals surface area contributed by atoms with Crippen molar-refractivity contribution in [2.75, 3.05) is 0 Å². The minimum absolute atomic E-state index is 0.0602. The molecule has 0 fully saturated rings. The van der Waals surface area contributed by atoms with Crippen LogP contribution in [0.1, 0.15) is 23.9 Å². The molecule has 2 aromatic rings. The highest BCUT2D eigenvalue weighted by molar-refractivity contribution is 5.25. The van der Waals surface area contributed by atoms with Crippen LogP contribution in [0.3, 0.4) is 0 Å². The van der Waals surface area contributed by atoms with E-state index in [0.717, 1.165) is 23.4 Å². The molecule has 2 aromatic heterocycles. The molecule has 0 saturated carbocycles. The van der Waals surface area contributed by atoms with Crippen LogP contribution in [-0.2, 0) is 6.42 Å². The Morgan fingerprint density at radius 3 is 2.56 bits per heavy atom. The lowest BCUT2D eigenvalue weighted by atomic mass is 10.2. The van der Waals surface area contributed by atoms with Gasteiger partial charge in [0, 0.05) is 11.3 Å². The highest BCUT2D eigenvalue weighted by atomic mass is 16.1. The molecular weight excluding hydrogens is 204 g/mol. The van der Waals surface area contributed by atoms with Crippen LogP contribution in [0.15, 0.2) is 16.9 Å². The Kier molecular flexibility index (Phi) is 2.60. The molecule has 0 saturated heterocycles. The summed E-state index contributed by atoms with van der Waals surface area (Å²) in [4.78, 5) is 11.9. The molecule has 0 atom stereocenters. The summed E-state index contributed by atoms with van der Waals surface area (Å²) in [6.07, 6.45) is 0.799. The van der Waals surface area contributed by atoms with Crippen LogP contribution in [0.25, 0.3) is 5.82 Å². The molecule has 5 nitrogen and oxygen atoms in total. The maximum atomic E-state index is 11.9. The Hall–Kier alpha value is -1.91. The van der Waals surface area contributed by atoms with Crippen molar-refractivity contribution < 1.29 is 0 Å². The molecule has 1 N–H and O–H groups in total. The van der Waals surface area contributed by atoms with Crippen molar-refractivity contribution in [2.24, 2.45) is 0 Å². The molecule has 0 radical (unpaired) electrons. The molecule has 2 rings (SSSR count). The SMILES string of the molecule is CCc1[nH]n(-c2ccc(C)nn2)c(=O)c1C. The van der Waals surface area contributed by atoms with Crippen LogP contribution in [0.4, 0.5) is 0 Å². The smallest absolute Gasteiger partial charge is 0.275 e. The molecule has 0 aliphatic rings. The van der Waals surface area contributed by atoms with E-state index in [4.69, 9.17) is 0 Å². The Bertz CT molecular complexity index is 550. The lowest BCUT2D eigenvalue weighted by molar-refractivity contribution is 0.767. The molecule has 0 spiro atoms. The van der Waals surface area contributed by atoms with Crippen LogP contribution in [-0.4, -0.2) is 20.0 Å². The van der Waals surface area contributed by atoms with E-state index >= 15 is 0 Å². The second-order valence-electron chi connectivity index (χ2n) is 3.74. The van der Waals surface area contributed by atoms with Gasteiger partial charge in [0.1, 0.15) is 0 Å². The number of aromatic amines is 1. The quantitative estimate of drug-likeness (QED) is 0.822. The van der Waals surface area contributed by atoms with Gasteiger partial charge in [0.25, 0.3) is 5.56 Å². The zero-order chi connectivity index (χ0) is 11.7. The van der Waals surface area contributed by atoms with Crippen LogP contribution >= 0.6 is 0 Å². The average molecular weight is 218 g/mol. The standard InChI is InChI=1S/C11H14N4O/c1-4-9-8(3)11(16)15(14-9)10-6-5-7(2)12-13-10/h5-6,14H,4H2,1-3H3. The third-order valence-corrected chi connectivity index (χ3v) is 2.59. The fraction of sp³-hybridized carbons (Fsp3) is 0.364. The maximum Gasteiger partial charge on any atom is 0.275 e. The van der Waals surface area contributed by atoms with E-state index in [0.29, 0.717) is 5.82 Å². The van der Waals surface area contributed by atoms with E-state index in [2.05, 4.69) is 15.3 Å². The van der Waals surface area contributed by atoms with Gasteiger partial charge >= 0.3 is 0 Å². The van der Waals surface area contributed by atoms with Crippen molar-refractivity contribution in [2.45, 2.75) is 27.2 Å². The van der Waals surface area contributed by atoms with Crippen LogP contribution in [0.2, 0.25) is 0 Å². The van der Waals surface area contributed by atoms with Crippen LogP contribution in [0, 0.1) is 13.8 Å². The highest BCUT2D eigenvalue weighted by Crippen LogP contribution is 2.04. The monoisotopic (exact) mass is 218 g/mol. The van der Waals surface area contributed by atoms with Crippen molar-refractivity contribution in [1.82, 2.24) is 20.0 Å². The van der Waals surface area contributed by atoms with Gasteiger partial charge in [0.15, 0.2) is 5.82 Å². The summed E-state index contributed by atoms with van der Waals surface area (Å²) < 4.78 is 1.43. The molecule has 84 valence electrons. The second-order valence-corrected chi connectivity index (χ2v) is 3.74. The third-order valence-electron chi connectivity index (χ3n) is 2.59. The summed E-state index contributed by atoms with van der Waals surface area (Å²) in [6.45, 7) is 5.68. The molecule has 0 bridgehead atoms. The molecule has 0 amide bonds. The number of nitrogens with zero attached hydrogens (tertiary/aromatic N) is 3. The average Bonchev–Trinajstić information content (AvgIpc) is 2.57. The molecule has 0 unspecified atom stereocenters. The molecule has 0 aromatic carbocycles. The topological polar surface area (TPSA) is 63.6 Å². The van der Waals surface area contributed by atoms with Gasteiger partial charge < -0.3 is 0 Å². The largest absolute Gasteiger partial charge is 0.293 e. The Labute approximate surface area is 93.1 Å². The Morgan fingerprint density at radius 2 is 2.06 bits per heavy atom. The van der Waals surface area contributed by atoms with E-state index in [1.807, 2.05) is 26.8 Å². The summed E-state index contributed by atoms with van der Waals surface area (Å²) in [7, 11) is 0. The Morgan fingerprint density at radius 1 is 1.31 bits per heavy atom. The van der Waals surface area contributed by atoms with E-state index in [1.165, 1.54) is 4.68 Å². The molecular formula is C11H14N4O. The lowest BCUT2D eigenvalue weighted by Gasteiger charge is -1.99. The summed E-state index contributed by atoms with van der Waals surface area (Å²) in [5.74, 6) is 0.526. The molecule has 16 heavy (non-hydrogen) atoms. The van der Waals surface area contributed by atoms with Gasteiger partial charge in [-0.3, -0.25) is 9.89 Å². The second kappa shape index (κ2) is 3.92. The predicted octanol–water partition coefficient (Wildman–Crippen LogP) is 1.13. The minimum Gasteiger partial charge on any atom is -0.293 e. The van der Waals surface area contributed by atoms with Gasteiger partial charge in [0.05, 0.1) is 5.69 Å². The van der Waals surface area contributed by atoms with Crippen LogP contribution in [0.5, 0.6) is 0 Å². The molecule has 2 heterocycles. The van der Waals surface area contributed by atoms with Crippen molar-refractivity contribution in [3.63, 3.8) is 0 Å². The van der Waals surface area contributed by atoms with Gasteiger partial charge in [-0.2, -0.15) is 9.78 Å². The highest BCUT2D eigenvalue weighted by Gasteiger charge is 2.10. The fourth-order valence-corrected chi connectivity index (χ4v) is 1.58. The maximum absolute atomic E-state index is 11.9. The van der Waals surface area contributed by atoms with Crippen molar-refractivity contribution >= 4 is 0 Å². The summed E-state index contributed by atoms with van der Waals surface area (Å²) in [5, 5.41) is 10.9. The number of hydrogen-bond donors (Lipinski definition) is 1. The predicted molar refractivity (Wildman–Crippen MR) is 60.8 cm³/mol. The fourth-order valence-electron chi connectivity index (χ4n) is 1.58. The van der Waals surface area contributed by atoms with Crippen molar-refractivity contribution in [3.8, 4) is 5.82 Å². The molecule has 0 aliphatic carbocycles. The number of rotatable bonds is 2. The van der Waals surface area contributed by atoms with E-state index in [9.17, 15) is 4.79 Å². The summed E-state index contributed by atoms with van der Waals surface area (Å²) in [5.41, 5.74) is 2.45. The normalized spacial score (nSPS) is 10.7. The number of hydrogen-bond acceptors (Lipinski definition) is 3. The molecule has 5 heteroatoms.